The Kier molecular flexibility index (Phi) is 4.52. The van der Waals surface area contributed by atoms with Crippen LogP contribution in [-0.4, -0.2) is 49.7 Å². The Balaban J connectivity index is 1.72. The molecule has 1 fully saturated rings. The molecule has 1 saturated heterocycles. The molecule has 0 bridgehead atoms. The number of hydrogen-bond acceptors (Lipinski definition) is 4. The molecular weight excluding hydrogens is 280 g/mol. The van der Waals surface area contributed by atoms with Crippen molar-refractivity contribution in [3.05, 3.63) is 23.8 Å². The number of nitrogens with zero attached hydrogens (tertiary/aromatic N) is 1. The molecular formula is C17H24N2O3. The molecule has 1 N–H and O–H groups in total. The minimum Gasteiger partial charge on any atom is -0.494 e. The van der Waals surface area contributed by atoms with Crippen molar-refractivity contribution >= 4 is 5.91 Å². The Morgan fingerprint density at radius 2 is 2.36 bits per heavy atom. The highest BCUT2D eigenvalue weighted by Crippen LogP contribution is 2.31. The van der Waals surface area contributed by atoms with Gasteiger partial charge < -0.3 is 19.7 Å². The molecule has 0 aromatic heterocycles. The Labute approximate surface area is 131 Å². The summed E-state index contributed by atoms with van der Waals surface area (Å²) in [6.07, 6.45) is 0.728. The van der Waals surface area contributed by atoms with Gasteiger partial charge in [0.05, 0.1) is 12.5 Å². The summed E-state index contributed by atoms with van der Waals surface area (Å²) in [6.45, 7) is 7.68. The molecule has 5 heteroatoms. The van der Waals surface area contributed by atoms with Crippen molar-refractivity contribution in [1.82, 2.24) is 10.2 Å². The van der Waals surface area contributed by atoms with Crippen LogP contribution in [0.15, 0.2) is 18.2 Å². The van der Waals surface area contributed by atoms with Gasteiger partial charge >= 0.3 is 0 Å². The third kappa shape index (κ3) is 3.04. The number of fused-ring (bicyclic) bond motifs is 1. The fourth-order valence-corrected chi connectivity index (χ4v) is 3.19. The van der Waals surface area contributed by atoms with Crippen molar-refractivity contribution in [2.24, 2.45) is 5.92 Å². The van der Waals surface area contributed by atoms with Gasteiger partial charge in [-0.25, -0.2) is 0 Å². The lowest BCUT2D eigenvalue weighted by Crippen LogP contribution is -2.54. The molecule has 2 heterocycles. The predicted octanol–water partition coefficient (Wildman–Crippen LogP) is 1.46. The van der Waals surface area contributed by atoms with Crippen LogP contribution in [0.3, 0.4) is 0 Å². The third-order valence-electron chi connectivity index (χ3n) is 4.38. The molecule has 5 nitrogen and oxygen atoms in total. The first-order valence-electron chi connectivity index (χ1n) is 8.08. The van der Waals surface area contributed by atoms with Gasteiger partial charge in [-0.1, -0.05) is 0 Å². The first-order valence-corrected chi connectivity index (χ1v) is 8.08. The van der Waals surface area contributed by atoms with Gasteiger partial charge in [0, 0.05) is 25.7 Å². The van der Waals surface area contributed by atoms with E-state index >= 15 is 0 Å². The van der Waals surface area contributed by atoms with Crippen LogP contribution >= 0.6 is 0 Å². The van der Waals surface area contributed by atoms with E-state index in [0.717, 1.165) is 43.1 Å². The van der Waals surface area contributed by atoms with Gasteiger partial charge in [0.2, 0.25) is 5.91 Å². The summed E-state index contributed by atoms with van der Waals surface area (Å²) in [5, 5.41) is 3.32. The lowest BCUT2D eigenvalue weighted by Gasteiger charge is -2.37. The maximum Gasteiger partial charge on any atom is 0.229 e. The monoisotopic (exact) mass is 304 g/mol. The van der Waals surface area contributed by atoms with E-state index in [0.29, 0.717) is 13.2 Å². The van der Waals surface area contributed by atoms with Gasteiger partial charge in [0.15, 0.2) is 0 Å². The lowest BCUT2D eigenvalue weighted by atomic mass is 9.94. The molecule has 0 saturated carbocycles. The number of hydrogen-bond donors (Lipinski definition) is 1. The number of benzene rings is 1. The molecule has 120 valence electrons. The van der Waals surface area contributed by atoms with E-state index in [1.54, 1.807) is 0 Å². The quantitative estimate of drug-likeness (QED) is 0.918. The van der Waals surface area contributed by atoms with Crippen LogP contribution in [-0.2, 0) is 11.2 Å². The second-order valence-electron chi connectivity index (χ2n) is 6.00. The molecule has 0 spiro atoms. The maximum atomic E-state index is 12.8. The zero-order valence-corrected chi connectivity index (χ0v) is 13.3. The fourth-order valence-electron chi connectivity index (χ4n) is 3.19. The first kappa shape index (κ1) is 15.2. The standard InChI is InChI=1S/C17H24N2O3/c1-3-21-15-4-5-16-13(9-15)8-14(11-22-16)17(20)19-7-6-18-10-12(19)2/h4-5,9,12,14,18H,3,6-8,10-11H2,1-2H3/t12-,14?/m0/s1. The molecule has 1 aromatic carbocycles. The van der Waals surface area contributed by atoms with E-state index in [9.17, 15) is 4.79 Å². The van der Waals surface area contributed by atoms with Crippen molar-refractivity contribution in [2.75, 3.05) is 32.8 Å². The summed E-state index contributed by atoms with van der Waals surface area (Å²) in [4.78, 5) is 14.8. The molecule has 1 amide bonds. The third-order valence-corrected chi connectivity index (χ3v) is 4.38. The van der Waals surface area contributed by atoms with Gasteiger partial charge in [-0.15, -0.1) is 0 Å². The molecule has 0 radical (unpaired) electrons. The number of carbonyl (C=O) groups excluding carboxylic acids is 1. The van der Waals surface area contributed by atoms with Gasteiger partial charge in [-0.2, -0.15) is 0 Å². The molecule has 1 aromatic rings. The van der Waals surface area contributed by atoms with Crippen molar-refractivity contribution in [2.45, 2.75) is 26.3 Å². The zero-order valence-electron chi connectivity index (χ0n) is 13.3. The van der Waals surface area contributed by atoms with E-state index in [1.165, 1.54) is 0 Å². The topological polar surface area (TPSA) is 50.8 Å². The number of piperazine rings is 1. The van der Waals surface area contributed by atoms with Crippen LogP contribution < -0.4 is 14.8 Å². The molecule has 1 unspecified atom stereocenters. The average Bonchev–Trinajstić information content (AvgIpc) is 2.54. The zero-order chi connectivity index (χ0) is 15.5. The van der Waals surface area contributed by atoms with Crippen LogP contribution in [0.4, 0.5) is 0 Å². The minimum atomic E-state index is -0.0927. The lowest BCUT2D eigenvalue weighted by molar-refractivity contribution is -0.139. The van der Waals surface area contributed by atoms with Crippen molar-refractivity contribution in [3.63, 3.8) is 0 Å². The molecule has 2 aliphatic heterocycles. The van der Waals surface area contributed by atoms with Crippen molar-refractivity contribution < 1.29 is 14.3 Å². The highest BCUT2D eigenvalue weighted by molar-refractivity contribution is 5.80. The molecule has 3 rings (SSSR count). The SMILES string of the molecule is CCOc1ccc2c(c1)CC(C(=O)N1CCNC[C@@H]1C)CO2. The van der Waals surface area contributed by atoms with Gasteiger partial charge in [0.25, 0.3) is 0 Å². The minimum absolute atomic E-state index is 0.0927. The number of ether oxygens (including phenoxy) is 2. The largest absolute Gasteiger partial charge is 0.494 e. The second-order valence-corrected chi connectivity index (χ2v) is 6.00. The molecule has 22 heavy (non-hydrogen) atoms. The highest BCUT2D eigenvalue weighted by Gasteiger charge is 2.32. The summed E-state index contributed by atoms with van der Waals surface area (Å²) in [6, 6.07) is 6.11. The van der Waals surface area contributed by atoms with Crippen molar-refractivity contribution in [3.8, 4) is 11.5 Å². The van der Waals surface area contributed by atoms with E-state index < -0.39 is 0 Å². The number of rotatable bonds is 3. The van der Waals surface area contributed by atoms with Gasteiger partial charge in [-0.3, -0.25) is 4.79 Å². The summed E-state index contributed by atoms with van der Waals surface area (Å²) in [5.74, 6) is 1.83. The van der Waals surface area contributed by atoms with E-state index in [-0.39, 0.29) is 17.9 Å². The number of nitrogens with one attached hydrogen (secondary N) is 1. The Bertz CT molecular complexity index is 547. The Morgan fingerprint density at radius 1 is 1.50 bits per heavy atom. The first-order chi connectivity index (χ1) is 10.7. The molecule has 2 atom stereocenters. The summed E-state index contributed by atoms with van der Waals surface area (Å²) in [7, 11) is 0. The summed E-state index contributed by atoms with van der Waals surface area (Å²) in [5.41, 5.74) is 1.07. The molecule has 0 aliphatic carbocycles. The van der Waals surface area contributed by atoms with Crippen LogP contribution in [0, 0.1) is 5.92 Å². The highest BCUT2D eigenvalue weighted by atomic mass is 16.5. The van der Waals surface area contributed by atoms with Gasteiger partial charge in [-0.05, 0) is 44.0 Å². The average molecular weight is 304 g/mol. The number of amides is 1. The van der Waals surface area contributed by atoms with Crippen LogP contribution in [0.2, 0.25) is 0 Å². The maximum absolute atomic E-state index is 12.8. The fraction of sp³-hybridized carbons (Fsp3) is 0.588. The Morgan fingerprint density at radius 3 is 3.14 bits per heavy atom. The van der Waals surface area contributed by atoms with Crippen LogP contribution in [0.25, 0.3) is 0 Å². The molecule has 2 aliphatic rings. The predicted molar refractivity (Wildman–Crippen MR) is 84.3 cm³/mol. The Hall–Kier alpha value is -1.75. The van der Waals surface area contributed by atoms with E-state index in [2.05, 4.69) is 12.2 Å². The summed E-state index contributed by atoms with van der Waals surface area (Å²) < 4.78 is 11.3. The van der Waals surface area contributed by atoms with Crippen LogP contribution in [0.1, 0.15) is 19.4 Å². The number of carbonyl (C=O) groups is 1. The van der Waals surface area contributed by atoms with Crippen LogP contribution in [0.5, 0.6) is 11.5 Å². The normalized spacial score (nSPS) is 24.4. The van der Waals surface area contributed by atoms with Crippen molar-refractivity contribution in [1.29, 1.82) is 0 Å². The second kappa shape index (κ2) is 6.57. The van der Waals surface area contributed by atoms with E-state index in [1.807, 2.05) is 30.0 Å². The summed E-state index contributed by atoms with van der Waals surface area (Å²) >= 11 is 0. The van der Waals surface area contributed by atoms with Gasteiger partial charge in [0.1, 0.15) is 18.1 Å². The smallest absolute Gasteiger partial charge is 0.229 e. The van der Waals surface area contributed by atoms with E-state index in [4.69, 9.17) is 9.47 Å².